The van der Waals surface area contributed by atoms with E-state index in [4.69, 9.17) is 16.3 Å². The van der Waals surface area contributed by atoms with Crippen molar-refractivity contribution in [2.75, 3.05) is 11.9 Å². The van der Waals surface area contributed by atoms with Gasteiger partial charge in [-0.3, -0.25) is 4.79 Å². The summed E-state index contributed by atoms with van der Waals surface area (Å²) < 4.78 is 33.0. The highest BCUT2D eigenvalue weighted by Crippen LogP contribution is 2.27. The van der Waals surface area contributed by atoms with E-state index in [-0.39, 0.29) is 9.92 Å². The lowest BCUT2D eigenvalue weighted by Crippen LogP contribution is -2.41. The smallest absolute Gasteiger partial charge is 0.242 e. The summed E-state index contributed by atoms with van der Waals surface area (Å²) in [7, 11) is -3.94. The average molecular weight is 433 g/mol. The zero-order valence-electron chi connectivity index (χ0n) is 16.0. The molecule has 1 atom stereocenters. The molecule has 6 nitrogen and oxygen atoms in total. The molecular weight excluding hydrogens is 412 g/mol. The number of sulfonamides is 1. The second-order valence-corrected chi connectivity index (χ2v) is 8.51. The third-order valence-corrected chi connectivity index (χ3v) is 6.12. The van der Waals surface area contributed by atoms with Gasteiger partial charge in [0.25, 0.3) is 0 Å². The summed E-state index contributed by atoms with van der Waals surface area (Å²) in [4.78, 5) is 12.5. The molecule has 1 amide bonds. The zero-order chi connectivity index (χ0) is 21.0. The van der Waals surface area contributed by atoms with Crippen LogP contribution in [0.5, 0.6) is 5.75 Å². The average Bonchev–Trinajstić information content (AvgIpc) is 2.69. The third kappa shape index (κ3) is 4.87. The Morgan fingerprint density at radius 3 is 2.55 bits per heavy atom. The summed E-state index contributed by atoms with van der Waals surface area (Å²) in [5, 5.41) is 4.81. The number of ether oxygens (including phenoxy) is 1. The number of halogens is 1. The Labute approximate surface area is 174 Å². The minimum Gasteiger partial charge on any atom is -0.492 e. The Kier molecular flexibility index (Phi) is 6.42. The molecule has 3 aromatic carbocycles. The highest BCUT2D eigenvalue weighted by molar-refractivity contribution is 7.89. The summed E-state index contributed by atoms with van der Waals surface area (Å²) in [5.41, 5.74) is 0.614. The van der Waals surface area contributed by atoms with Crippen molar-refractivity contribution in [3.8, 4) is 5.75 Å². The number of carbonyl (C=O) groups is 1. The van der Waals surface area contributed by atoms with Crippen LogP contribution in [0.2, 0.25) is 5.02 Å². The van der Waals surface area contributed by atoms with E-state index in [9.17, 15) is 13.2 Å². The van der Waals surface area contributed by atoms with Crippen molar-refractivity contribution < 1.29 is 17.9 Å². The monoisotopic (exact) mass is 432 g/mol. The molecule has 0 saturated heterocycles. The first-order valence-corrected chi connectivity index (χ1v) is 10.9. The van der Waals surface area contributed by atoms with E-state index >= 15 is 0 Å². The molecule has 0 aromatic heterocycles. The minimum atomic E-state index is -3.94. The first-order chi connectivity index (χ1) is 13.8. The van der Waals surface area contributed by atoms with Gasteiger partial charge >= 0.3 is 0 Å². The van der Waals surface area contributed by atoms with Crippen LogP contribution in [-0.4, -0.2) is 27.0 Å². The van der Waals surface area contributed by atoms with Crippen LogP contribution in [0.1, 0.15) is 13.8 Å². The summed E-state index contributed by atoms with van der Waals surface area (Å²) in [6.45, 7) is 3.70. The van der Waals surface area contributed by atoms with Gasteiger partial charge in [0.2, 0.25) is 15.9 Å². The molecule has 0 saturated carbocycles. The van der Waals surface area contributed by atoms with Crippen LogP contribution in [0.3, 0.4) is 0 Å². The minimum absolute atomic E-state index is 0.0456. The van der Waals surface area contributed by atoms with Gasteiger partial charge in [0.1, 0.15) is 5.75 Å². The molecule has 29 heavy (non-hydrogen) atoms. The second kappa shape index (κ2) is 8.82. The molecule has 3 rings (SSSR count). The van der Waals surface area contributed by atoms with Crippen LogP contribution >= 0.6 is 11.6 Å². The number of benzene rings is 3. The van der Waals surface area contributed by atoms with Gasteiger partial charge in [0.15, 0.2) is 0 Å². The highest BCUT2D eigenvalue weighted by atomic mass is 35.5. The van der Waals surface area contributed by atoms with E-state index < -0.39 is 22.0 Å². The van der Waals surface area contributed by atoms with Gasteiger partial charge in [0.05, 0.1) is 22.6 Å². The van der Waals surface area contributed by atoms with Gasteiger partial charge < -0.3 is 10.1 Å². The number of hydrogen-bond acceptors (Lipinski definition) is 4. The van der Waals surface area contributed by atoms with Crippen LogP contribution in [0.25, 0.3) is 10.8 Å². The maximum Gasteiger partial charge on any atom is 0.242 e. The number of hydrogen-bond donors (Lipinski definition) is 2. The van der Waals surface area contributed by atoms with Crippen molar-refractivity contribution in [3.05, 3.63) is 65.7 Å². The molecule has 152 valence electrons. The van der Waals surface area contributed by atoms with Crippen LogP contribution in [0.4, 0.5) is 5.69 Å². The molecule has 0 spiro atoms. The number of anilines is 1. The predicted octanol–water partition coefficient (Wildman–Crippen LogP) is 4.20. The molecule has 0 aliphatic heterocycles. The lowest BCUT2D eigenvalue weighted by Gasteiger charge is -2.16. The predicted molar refractivity (Wildman–Crippen MR) is 115 cm³/mol. The number of amides is 1. The Morgan fingerprint density at radius 2 is 1.83 bits per heavy atom. The second-order valence-electron chi connectivity index (χ2n) is 6.38. The van der Waals surface area contributed by atoms with Crippen molar-refractivity contribution in [2.45, 2.75) is 24.8 Å². The quantitative estimate of drug-likeness (QED) is 0.586. The van der Waals surface area contributed by atoms with Crippen molar-refractivity contribution in [3.63, 3.8) is 0 Å². The molecule has 3 aromatic rings. The molecule has 0 bridgehead atoms. The van der Waals surface area contributed by atoms with Gasteiger partial charge in [-0.1, -0.05) is 48.0 Å². The molecular formula is C21H21ClN2O4S. The molecule has 0 heterocycles. The number of rotatable bonds is 7. The summed E-state index contributed by atoms with van der Waals surface area (Å²) >= 11 is 6.08. The van der Waals surface area contributed by atoms with Crippen molar-refractivity contribution in [1.82, 2.24) is 4.72 Å². The standard InChI is InChI=1S/C21H21ClN2O4S/c1-3-28-20-12-11-16(13-18(20)22)29(26,27)24-14(2)21(25)23-19-10-6-8-15-7-4-5-9-17(15)19/h4-14,24H,3H2,1-2H3,(H,23,25)/t14-/m1/s1. The van der Waals surface area contributed by atoms with Gasteiger partial charge in [0, 0.05) is 11.1 Å². The Morgan fingerprint density at radius 1 is 1.10 bits per heavy atom. The van der Waals surface area contributed by atoms with E-state index in [1.54, 1.807) is 13.0 Å². The largest absolute Gasteiger partial charge is 0.492 e. The maximum atomic E-state index is 12.6. The lowest BCUT2D eigenvalue weighted by molar-refractivity contribution is -0.117. The first-order valence-electron chi connectivity index (χ1n) is 9.05. The molecule has 0 fully saturated rings. The van der Waals surface area contributed by atoms with Crippen molar-refractivity contribution in [1.29, 1.82) is 0 Å². The first kappa shape index (κ1) is 21.1. The van der Waals surface area contributed by atoms with Crippen LogP contribution in [-0.2, 0) is 14.8 Å². The highest BCUT2D eigenvalue weighted by Gasteiger charge is 2.23. The van der Waals surface area contributed by atoms with Gasteiger partial charge in [-0.15, -0.1) is 0 Å². The van der Waals surface area contributed by atoms with Gasteiger partial charge in [-0.25, -0.2) is 8.42 Å². The van der Waals surface area contributed by atoms with Crippen molar-refractivity contribution >= 4 is 44.0 Å². The third-order valence-electron chi connectivity index (χ3n) is 4.29. The molecule has 0 unspecified atom stereocenters. The van der Waals surface area contributed by atoms with E-state index in [0.717, 1.165) is 10.8 Å². The number of carbonyl (C=O) groups excluding carboxylic acids is 1. The molecule has 0 aliphatic carbocycles. The number of nitrogens with one attached hydrogen (secondary N) is 2. The van der Waals surface area contributed by atoms with E-state index in [0.29, 0.717) is 18.0 Å². The summed E-state index contributed by atoms with van der Waals surface area (Å²) in [6.07, 6.45) is 0. The van der Waals surface area contributed by atoms with Gasteiger partial charge in [-0.2, -0.15) is 4.72 Å². The Hall–Kier alpha value is -2.61. The molecule has 2 N–H and O–H groups in total. The van der Waals surface area contributed by atoms with E-state index in [1.807, 2.05) is 36.4 Å². The van der Waals surface area contributed by atoms with Crippen LogP contribution in [0, 0.1) is 0 Å². The Bertz CT molecular complexity index is 1140. The van der Waals surface area contributed by atoms with Crippen LogP contribution < -0.4 is 14.8 Å². The fraction of sp³-hybridized carbons (Fsp3) is 0.190. The molecule has 0 aliphatic rings. The topological polar surface area (TPSA) is 84.5 Å². The van der Waals surface area contributed by atoms with Crippen molar-refractivity contribution in [2.24, 2.45) is 0 Å². The summed E-state index contributed by atoms with van der Waals surface area (Å²) in [6, 6.07) is 16.3. The van der Waals surface area contributed by atoms with Crippen LogP contribution in [0.15, 0.2) is 65.6 Å². The SMILES string of the molecule is CCOc1ccc(S(=O)(=O)N[C@H](C)C(=O)Nc2cccc3ccccc23)cc1Cl. The molecule has 8 heteroatoms. The van der Waals surface area contributed by atoms with E-state index in [2.05, 4.69) is 10.0 Å². The summed E-state index contributed by atoms with van der Waals surface area (Å²) in [5.74, 6) is -0.0724. The maximum absolute atomic E-state index is 12.6. The van der Waals surface area contributed by atoms with E-state index in [1.165, 1.54) is 25.1 Å². The van der Waals surface area contributed by atoms with Gasteiger partial charge in [-0.05, 0) is 43.5 Å². The normalized spacial score (nSPS) is 12.5. The fourth-order valence-electron chi connectivity index (χ4n) is 2.85. The number of fused-ring (bicyclic) bond motifs is 1. The zero-order valence-corrected chi connectivity index (χ0v) is 17.5. The lowest BCUT2D eigenvalue weighted by atomic mass is 10.1. The molecule has 0 radical (unpaired) electrons. The Balaban J connectivity index is 1.75. The fourth-order valence-corrected chi connectivity index (χ4v) is 4.38.